The van der Waals surface area contributed by atoms with Gasteiger partial charge >= 0.3 is 0 Å². The Morgan fingerprint density at radius 3 is 2.27 bits per heavy atom. The fourth-order valence-corrected chi connectivity index (χ4v) is 2.87. The number of anilines is 1. The van der Waals surface area contributed by atoms with E-state index >= 15 is 0 Å². The van der Waals surface area contributed by atoms with Gasteiger partial charge in [-0.05, 0) is 75.9 Å². The normalized spacial score (nSPS) is 9.30. The van der Waals surface area contributed by atoms with Crippen LogP contribution in [0.2, 0.25) is 0 Å². The minimum absolute atomic E-state index is 0.199. The summed E-state index contributed by atoms with van der Waals surface area (Å²) in [4.78, 5) is 31.5. The van der Waals surface area contributed by atoms with E-state index in [1.54, 1.807) is 42.8 Å². The zero-order chi connectivity index (χ0) is 24.8. The van der Waals surface area contributed by atoms with Crippen molar-refractivity contribution in [2.45, 2.75) is 48.0 Å². The Labute approximate surface area is 199 Å². The third-order valence-corrected chi connectivity index (χ3v) is 4.92. The number of carbonyl (C=O) groups is 2. The molecule has 0 aliphatic carbocycles. The number of thiazole rings is 1. The molecule has 7 heteroatoms. The van der Waals surface area contributed by atoms with Crippen molar-refractivity contribution in [1.82, 2.24) is 9.97 Å². The van der Waals surface area contributed by atoms with Gasteiger partial charge in [0.05, 0.1) is 22.8 Å². The van der Waals surface area contributed by atoms with Gasteiger partial charge in [-0.3, -0.25) is 9.18 Å². The monoisotopic (exact) mass is 467 g/mol. The number of halogens is 1. The van der Waals surface area contributed by atoms with Gasteiger partial charge in [-0.2, -0.15) is 0 Å². The van der Waals surface area contributed by atoms with Crippen LogP contribution in [-0.2, 0) is 4.79 Å². The number of benzene rings is 1. The van der Waals surface area contributed by atoms with Crippen LogP contribution in [0, 0.1) is 32.6 Å². The molecule has 1 aromatic carbocycles. The van der Waals surface area contributed by atoms with E-state index in [9.17, 15) is 14.0 Å². The van der Waals surface area contributed by atoms with Gasteiger partial charge in [0.15, 0.2) is 0 Å². The predicted octanol–water partition coefficient (Wildman–Crippen LogP) is 6.08. The molecule has 2 heterocycles. The minimum Gasteiger partial charge on any atom is -0.307 e. The van der Waals surface area contributed by atoms with Crippen molar-refractivity contribution in [2.24, 2.45) is 0 Å². The highest BCUT2D eigenvalue weighted by molar-refractivity contribution is 7.12. The average Bonchev–Trinajstić information content (AvgIpc) is 3.19. The van der Waals surface area contributed by atoms with E-state index in [2.05, 4.69) is 27.1 Å². The van der Waals surface area contributed by atoms with Gasteiger partial charge in [-0.1, -0.05) is 18.9 Å². The van der Waals surface area contributed by atoms with E-state index in [-0.39, 0.29) is 18.4 Å². The maximum atomic E-state index is 12.5. The fourth-order valence-electron chi connectivity index (χ4n) is 2.24. The number of aryl methyl sites for hydroxylation is 3. The molecule has 0 bridgehead atoms. The van der Waals surface area contributed by atoms with Crippen LogP contribution >= 0.6 is 11.3 Å². The molecule has 174 valence electrons. The number of hydrogen-bond acceptors (Lipinski definition) is 5. The van der Waals surface area contributed by atoms with Gasteiger partial charge < -0.3 is 10.1 Å². The molecular weight excluding hydrogens is 437 g/mol. The number of Topliss-reactive ketones (excluding diaryl/α,β-unsaturated/α-hetero) is 1. The third kappa shape index (κ3) is 10.7. The van der Waals surface area contributed by atoms with Gasteiger partial charge in [0.1, 0.15) is 11.6 Å². The number of aromatic nitrogens is 2. The molecule has 0 aliphatic rings. The quantitative estimate of drug-likeness (QED) is 0.474. The van der Waals surface area contributed by atoms with Crippen molar-refractivity contribution in [3.8, 4) is 11.8 Å². The molecule has 0 fully saturated rings. The van der Waals surface area contributed by atoms with Gasteiger partial charge in [-0.15, -0.1) is 11.3 Å². The van der Waals surface area contributed by atoms with E-state index in [0.717, 1.165) is 26.6 Å². The van der Waals surface area contributed by atoms with E-state index in [4.69, 9.17) is 0 Å². The van der Waals surface area contributed by atoms with Gasteiger partial charge in [0.25, 0.3) is 5.91 Å². The summed E-state index contributed by atoms with van der Waals surface area (Å²) in [5.41, 5.74) is 3.45. The summed E-state index contributed by atoms with van der Waals surface area (Å²) in [6, 6.07) is 9.22. The van der Waals surface area contributed by atoms with Crippen molar-refractivity contribution in [2.75, 3.05) is 12.0 Å². The van der Waals surface area contributed by atoms with Crippen LogP contribution in [0.15, 0.2) is 42.7 Å². The minimum atomic E-state index is -0.250. The smallest absolute Gasteiger partial charge is 0.256 e. The molecule has 0 radical (unpaired) electrons. The Morgan fingerprint density at radius 2 is 1.73 bits per heavy atom. The molecule has 0 saturated heterocycles. The number of nitrogens with one attached hydrogen (secondary N) is 1. The SMILES string of the molecule is CCC(C)=O.CCF.Cc1ccnc(NC(=O)c2ccc(C)c(C#Cc3cnc(C)s3)c2)c1. The number of hydrogen-bond donors (Lipinski definition) is 1. The van der Waals surface area contributed by atoms with Crippen molar-refractivity contribution < 1.29 is 14.0 Å². The molecule has 3 rings (SSSR count). The summed E-state index contributed by atoms with van der Waals surface area (Å²) in [6.07, 6.45) is 4.11. The van der Waals surface area contributed by atoms with Crippen LogP contribution in [-0.4, -0.2) is 28.3 Å². The van der Waals surface area contributed by atoms with Crippen molar-refractivity contribution in [3.05, 3.63) is 74.9 Å². The Hall–Kier alpha value is -3.37. The van der Waals surface area contributed by atoms with Crippen LogP contribution in [0.1, 0.15) is 64.1 Å². The van der Waals surface area contributed by atoms with E-state index in [0.29, 0.717) is 17.8 Å². The highest BCUT2D eigenvalue weighted by Crippen LogP contribution is 2.14. The molecule has 2 aromatic heterocycles. The molecule has 0 spiro atoms. The topological polar surface area (TPSA) is 72.0 Å². The second-order valence-electron chi connectivity index (χ2n) is 7.02. The summed E-state index contributed by atoms with van der Waals surface area (Å²) in [7, 11) is 0. The van der Waals surface area contributed by atoms with E-state index in [1.807, 2.05) is 45.9 Å². The van der Waals surface area contributed by atoms with Gasteiger partial charge in [0.2, 0.25) is 0 Å². The fraction of sp³-hybridized carbons (Fsp3) is 0.308. The number of nitrogens with zero attached hydrogens (tertiary/aromatic N) is 2. The summed E-state index contributed by atoms with van der Waals surface area (Å²) in [5.74, 6) is 6.84. The maximum absolute atomic E-state index is 12.5. The number of alkyl halides is 1. The lowest BCUT2D eigenvalue weighted by molar-refractivity contribution is -0.116. The number of amides is 1. The first kappa shape index (κ1) is 27.7. The standard InChI is InChI=1S/C20H17N3OS.C4H8O.C2H5F/c1-13-8-9-21-19(10-13)23-20(24)17-5-4-14(2)16(11-17)6-7-18-12-22-15(3)25-18;1-3-4(2)5;1-2-3/h4-5,8-12H,1-3H3,(H,21,23,24);3H2,1-2H3;2H2,1H3. The van der Waals surface area contributed by atoms with Crippen LogP contribution in [0.25, 0.3) is 0 Å². The summed E-state index contributed by atoms with van der Waals surface area (Å²) in [6.45, 7) is 10.5. The largest absolute Gasteiger partial charge is 0.307 e. The molecule has 5 nitrogen and oxygen atoms in total. The van der Waals surface area contributed by atoms with Crippen molar-refractivity contribution in [1.29, 1.82) is 0 Å². The Balaban J connectivity index is 0.000000591. The summed E-state index contributed by atoms with van der Waals surface area (Å²) in [5, 5.41) is 3.80. The number of carbonyl (C=O) groups excluding carboxylic acids is 2. The maximum Gasteiger partial charge on any atom is 0.256 e. The highest BCUT2D eigenvalue weighted by atomic mass is 32.1. The van der Waals surface area contributed by atoms with Gasteiger partial charge in [0, 0.05) is 23.7 Å². The Morgan fingerprint density at radius 1 is 1.06 bits per heavy atom. The molecule has 33 heavy (non-hydrogen) atoms. The molecular formula is C26H30FN3O2S. The number of rotatable bonds is 3. The lowest BCUT2D eigenvalue weighted by Gasteiger charge is -2.06. The van der Waals surface area contributed by atoms with E-state index < -0.39 is 0 Å². The lowest BCUT2D eigenvalue weighted by Crippen LogP contribution is -2.13. The second-order valence-corrected chi connectivity index (χ2v) is 8.25. The summed E-state index contributed by atoms with van der Waals surface area (Å²) >= 11 is 1.55. The molecule has 0 unspecified atom stereocenters. The molecule has 0 saturated carbocycles. The number of pyridine rings is 1. The van der Waals surface area contributed by atoms with Crippen LogP contribution in [0.3, 0.4) is 0 Å². The lowest BCUT2D eigenvalue weighted by atomic mass is 10.0. The zero-order valence-electron chi connectivity index (χ0n) is 20.0. The van der Waals surface area contributed by atoms with Crippen LogP contribution < -0.4 is 5.32 Å². The molecule has 0 aliphatic heterocycles. The number of ketones is 1. The van der Waals surface area contributed by atoms with Crippen LogP contribution in [0.5, 0.6) is 0 Å². The molecule has 1 amide bonds. The molecule has 3 aromatic rings. The van der Waals surface area contributed by atoms with Crippen LogP contribution in [0.4, 0.5) is 10.2 Å². The zero-order valence-corrected chi connectivity index (χ0v) is 20.8. The second kappa shape index (κ2) is 14.6. The first-order valence-electron chi connectivity index (χ1n) is 10.5. The van der Waals surface area contributed by atoms with Gasteiger partial charge in [-0.25, -0.2) is 9.97 Å². The Kier molecular flexibility index (Phi) is 12.3. The van der Waals surface area contributed by atoms with Crippen molar-refractivity contribution in [3.63, 3.8) is 0 Å². The van der Waals surface area contributed by atoms with Crippen molar-refractivity contribution >= 4 is 28.8 Å². The first-order chi connectivity index (χ1) is 15.7. The highest BCUT2D eigenvalue weighted by Gasteiger charge is 2.09. The summed E-state index contributed by atoms with van der Waals surface area (Å²) < 4.78 is 10.3. The van der Waals surface area contributed by atoms with E-state index in [1.165, 1.54) is 6.92 Å². The molecule has 0 atom stereocenters. The molecule has 1 N–H and O–H groups in total. The average molecular weight is 468 g/mol. The Bertz CT molecular complexity index is 1130. The first-order valence-corrected chi connectivity index (χ1v) is 11.4. The third-order valence-electron chi connectivity index (χ3n) is 4.10. The predicted molar refractivity (Wildman–Crippen MR) is 134 cm³/mol.